The maximum Gasteiger partial charge on any atom is 0.416 e. The number of carbonyl (C=O) groups excluding carboxylic acids is 4. The van der Waals surface area contributed by atoms with Gasteiger partial charge in [-0.25, -0.2) is 13.2 Å². The van der Waals surface area contributed by atoms with Crippen LogP contribution in [0.2, 0.25) is 0 Å². The molecule has 5 atom stereocenters. The second-order valence-corrected chi connectivity index (χ2v) is 15.4. The van der Waals surface area contributed by atoms with E-state index >= 15 is 0 Å². The first kappa shape index (κ1) is 35.4. The van der Waals surface area contributed by atoms with Gasteiger partial charge in [0.05, 0.1) is 34.0 Å². The van der Waals surface area contributed by atoms with Crippen molar-refractivity contribution in [2.75, 3.05) is 18.9 Å². The van der Waals surface area contributed by atoms with Crippen LogP contribution in [0.4, 0.5) is 23.7 Å². The number of nitrogens with zero attached hydrogens (tertiary/aromatic N) is 2. The molecule has 1 aliphatic heterocycles. The van der Waals surface area contributed by atoms with Crippen LogP contribution in [0.25, 0.3) is 11.3 Å². The Morgan fingerprint density at radius 3 is 2.54 bits per heavy atom. The Bertz CT molecular complexity index is 1800. The number of hydrogen-bond donors (Lipinski definition) is 3. The Balaban J connectivity index is 1.22. The van der Waals surface area contributed by atoms with Gasteiger partial charge in [-0.3, -0.25) is 29.4 Å². The van der Waals surface area contributed by atoms with Gasteiger partial charge in [0.1, 0.15) is 11.6 Å². The number of rotatable bonds is 6. The third-order valence-electron chi connectivity index (χ3n) is 9.79. The predicted octanol–water partition coefficient (Wildman–Crippen LogP) is 4.39. The van der Waals surface area contributed by atoms with Crippen LogP contribution in [0, 0.1) is 17.8 Å². The molecule has 5 unspecified atom stereocenters. The quantitative estimate of drug-likeness (QED) is 0.371. The zero-order chi connectivity index (χ0) is 35.8. The highest BCUT2D eigenvalue weighted by atomic mass is 32.2. The SMILES string of the molecule is CN1CCCC/C=C/C2CC2(C(=O)NS(=O)(=O)C2CC2)NC(=O)C2CC(OC(=O)Nc3cc(C(F)(F)F)ccc3-c3ccccn3)CC2C1=O. The van der Waals surface area contributed by atoms with E-state index < -0.39 is 74.3 Å². The largest absolute Gasteiger partial charge is 0.446 e. The van der Waals surface area contributed by atoms with Gasteiger partial charge in [0.2, 0.25) is 21.8 Å². The number of alkyl halides is 3. The van der Waals surface area contributed by atoms with E-state index in [9.17, 15) is 40.8 Å². The fourth-order valence-corrected chi connectivity index (χ4v) is 8.12. The number of halogens is 3. The van der Waals surface area contributed by atoms with E-state index in [1.165, 1.54) is 17.2 Å². The molecule has 0 radical (unpaired) electrons. The number of benzene rings is 1. The summed E-state index contributed by atoms with van der Waals surface area (Å²) in [7, 11) is -2.29. The number of carbonyl (C=O) groups is 4. The molecule has 3 N–H and O–H groups in total. The highest BCUT2D eigenvalue weighted by molar-refractivity contribution is 7.91. The minimum Gasteiger partial charge on any atom is -0.446 e. The summed E-state index contributed by atoms with van der Waals surface area (Å²) in [6.45, 7) is 0.421. The minimum atomic E-state index is -4.69. The van der Waals surface area contributed by atoms with Crippen LogP contribution >= 0.6 is 0 Å². The van der Waals surface area contributed by atoms with E-state index in [0.29, 0.717) is 37.9 Å². The van der Waals surface area contributed by atoms with Crippen molar-refractivity contribution in [2.45, 2.75) is 74.4 Å². The van der Waals surface area contributed by atoms with Crippen molar-refractivity contribution in [3.8, 4) is 11.3 Å². The topological polar surface area (TPSA) is 164 Å². The second-order valence-electron chi connectivity index (χ2n) is 13.4. The molecule has 0 spiro atoms. The summed E-state index contributed by atoms with van der Waals surface area (Å²) in [6, 6.07) is 7.70. The van der Waals surface area contributed by atoms with Gasteiger partial charge in [0, 0.05) is 31.3 Å². The van der Waals surface area contributed by atoms with Crippen molar-refractivity contribution in [3.63, 3.8) is 0 Å². The van der Waals surface area contributed by atoms with Gasteiger partial charge in [-0.1, -0.05) is 24.3 Å². The first-order valence-corrected chi connectivity index (χ1v) is 18.1. The van der Waals surface area contributed by atoms with Gasteiger partial charge in [0.15, 0.2) is 0 Å². The summed E-state index contributed by atoms with van der Waals surface area (Å²) in [4.78, 5) is 59.9. The first-order chi connectivity index (χ1) is 23.7. The Labute approximate surface area is 287 Å². The van der Waals surface area contributed by atoms with Crippen LogP contribution in [0.3, 0.4) is 0 Å². The molecule has 3 fully saturated rings. The standard InChI is InChI=1S/C34H38F3N5O7S/c1-42-15-7-3-2-4-8-21-19-33(21,31(45)41-50(47,48)23-11-12-23)40-29(43)25-17-22(18-26(25)30(42)44)49-32(46)39-28-16-20(34(35,36)37)10-13-24(28)27-9-5-6-14-38-27/h4-6,8-10,13-14,16,21-23,25-26H,2-3,7,11-12,15,17-19H2,1H3,(H,39,46)(H,40,43)(H,41,45)/b8-4+. The molecule has 16 heteroatoms. The molecule has 3 saturated carbocycles. The summed E-state index contributed by atoms with van der Waals surface area (Å²) in [5, 5.41) is 4.50. The lowest BCUT2D eigenvalue weighted by Gasteiger charge is -2.26. The van der Waals surface area contributed by atoms with Gasteiger partial charge in [-0.2, -0.15) is 13.2 Å². The molecule has 268 valence electrons. The van der Waals surface area contributed by atoms with Crippen molar-refractivity contribution >= 4 is 39.5 Å². The van der Waals surface area contributed by atoms with Crippen LogP contribution < -0.4 is 15.4 Å². The average Bonchev–Trinajstić information content (AvgIpc) is 3.99. The van der Waals surface area contributed by atoms with Gasteiger partial charge >= 0.3 is 12.3 Å². The molecule has 1 aromatic carbocycles. The highest BCUT2D eigenvalue weighted by Gasteiger charge is 2.62. The summed E-state index contributed by atoms with van der Waals surface area (Å²) in [5.41, 5.74) is -2.20. The number of nitrogens with one attached hydrogen (secondary N) is 3. The number of sulfonamides is 1. The summed E-state index contributed by atoms with van der Waals surface area (Å²) in [5.74, 6) is -4.30. The number of ether oxygens (including phenoxy) is 1. The van der Waals surface area contributed by atoms with Crippen molar-refractivity contribution in [2.24, 2.45) is 17.8 Å². The normalized spacial score (nSPS) is 28.0. The number of pyridine rings is 1. The van der Waals surface area contributed by atoms with Crippen LogP contribution in [-0.4, -0.2) is 72.6 Å². The maximum absolute atomic E-state index is 13.9. The van der Waals surface area contributed by atoms with E-state index in [-0.39, 0.29) is 36.4 Å². The smallest absolute Gasteiger partial charge is 0.416 e. The average molecular weight is 718 g/mol. The van der Waals surface area contributed by atoms with Crippen LogP contribution in [-0.2, 0) is 35.3 Å². The molecule has 50 heavy (non-hydrogen) atoms. The van der Waals surface area contributed by atoms with Gasteiger partial charge in [-0.05, 0) is 75.6 Å². The number of hydrogen-bond acceptors (Lipinski definition) is 8. The fraction of sp³-hybridized carbons (Fsp3) is 0.500. The number of amides is 4. The van der Waals surface area contributed by atoms with Crippen LogP contribution in [0.15, 0.2) is 54.7 Å². The molecule has 1 aromatic heterocycles. The van der Waals surface area contributed by atoms with Crippen molar-refractivity contribution in [1.82, 2.24) is 19.9 Å². The van der Waals surface area contributed by atoms with Gasteiger partial charge < -0.3 is 15.0 Å². The molecular weight excluding hydrogens is 679 g/mol. The highest BCUT2D eigenvalue weighted by Crippen LogP contribution is 2.47. The summed E-state index contributed by atoms with van der Waals surface area (Å²) in [6.07, 6.45) is 1.35. The monoisotopic (exact) mass is 717 g/mol. The summed E-state index contributed by atoms with van der Waals surface area (Å²) >= 11 is 0. The molecule has 3 aliphatic carbocycles. The molecule has 6 rings (SSSR count). The van der Waals surface area contributed by atoms with E-state index in [0.717, 1.165) is 18.6 Å². The molecule has 12 nitrogen and oxygen atoms in total. The lowest BCUT2D eigenvalue weighted by atomic mass is 9.93. The Morgan fingerprint density at radius 1 is 1.08 bits per heavy atom. The van der Waals surface area contributed by atoms with Crippen LogP contribution in [0.5, 0.6) is 0 Å². The molecule has 4 amide bonds. The Hall–Kier alpha value is -4.47. The molecule has 2 heterocycles. The van der Waals surface area contributed by atoms with Gasteiger partial charge in [-0.15, -0.1) is 0 Å². The van der Waals surface area contributed by atoms with Crippen LogP contribution in [0.1, 0.15) is 56.9 Å². The molecule has 4 aliphatic rings. The number of allylic oxidation sites excluding steroid dienone is 1. The van der Waals surface area contributed by atoms with E-state index in [1.54, 1.807) is 31.3 Å². The van der Waals surface area contributed by atoms with E-state index in [2.05, 4.69) is 20.3 Å². The molecular formula is C34H38F3N5O7S. The maximum atomic E-state index is 13.9. The third kappa shape index (κ3) is 7.64. The fourth-order valence-electron chi connectivity index (χ4n) is 6.75. The molecule has 0 bridgehead atoms. The lowest BCUT2D eigenvalue weighted by molar-refractivity contribution is -0.140. The zero-order valence-corrected chi connectivity index (χ0v) is 28.1. The van der Waals surface area contributed by atoms with E-state index in [1.807, 2.05) is 6.08 Å². The predicted molar refractivity (Wildman–Crippen MR) is 174 cm³/mol. The Kier molecular flexibility index (Phi) is 9.68. The number of fused-ring (bicyclic) bond motifs is 2. The van der Waals surface area contributed by atoms with Gasteiger partial charge in [0.25, 0.3) is 5.91 Å². The van der Waals surface area contributed by atoms with Crippen molar-refractivity contribution < 1.29 is 45.5 Å². The minimum absolute atomic E-state index is 0.0526. The van der Waals surface area contributed by atoms with Crippen molar-refractivity contribution in [3.05, 3.63) is 60.3 Å². The summed E-state index contributed by atoms with van der Waals surface area (Å²) < 4.78 is 73.8. The molecule has 0 saturated heterocycles. The number of aromatic nitrogens is 1. The Morgan fingerprint density at radius 2 is 1.84 bits per heavy atom. The number of anilines is 1. The van der Waals surface area contributed by atoms with E-state index in [4.69, 9.17) is 4.74 Å². The third-order valence-corrected chi connectivity index (χ3v) is 11.6. The second kappa shape index (κ2) is 13.7. The lowest BCUT2D eigenvalue weighted by Crippen LogP contribution is -2.54. The van der Waals surface area contributed by atoms with Crippen molar-refractivity contribution in [1.29, 1.82) is 0 Å². The first-order valence-electron chi connectivity index (χ1n) is 16.6. The zero-order valence-electron chi connectivity index (χ0n) is 27.2. The molecule has 2 aromatic rings.